The van der Waals surface area contributed by atoms with Crippen molar-refractivity contribution >= 4 is 5.91 Å². The van der Waals surface area contributed by atoms with Crippen LogP contribution in [0.25, 0.3) is 0 Å². The summed E-state index contributed by atoms with van der Waals surface area (Å²) >= 11 is 0. The molecule has 0 fully saturated rings. The van der Waals surface area contributed by atoms with E-state index < -0.39 is 0 Å². The van der Waals surface area contributed by atoms with Gasteiger partial charge in [0.05, 0.1) is 0 Å². The number of nitrogens with one attached hydrogen (secondary N) is 2. The van der Waals surface area contributed by atoms with E-state index in [9.17, 15) is 4.79 Å². The lowest BCUT2D eigenvalue weighted by molar-refractivity contribution is 0.0932. The zero-order valence-corrected chi connectivity index (χ0v) is 11.2. The monoisotopic (exact) mass is 254 g/mol. The molecule has 3 heteroatoms. The number of hydrogen-bond donors (Lipinski definition) is 2. The molecule has 0 aliphatic rings. The van der Waals surface area contributed by atoms with E-state index in [-0.39, 0.29) is 5.91 Å². The first-order valence-electron chi connectivity index (χ1n) is 6.30. The molecule has 98 valence electrons. The van der Waals surface area contributed by atoms with Crippen molar-refractivity contribution in [1.82, 2.24) is 10.9 Å². The van der Waals surface area contributed by atoms with Crippen molar-refractivity contribution in [3.05, 3.63) is 70.8 Å². The number of rotatable bonds is 4. The van der Waals surface area contributed by atoms with Crippen molar-refractivity contribution in [2.45, 2.75) is 20.4 Å². The molecule has 0 aliphatic carbocycles. The zero-order valence-electron chi connectivity index (χ0n) is 11.2. The van der Waals surface area contributed by atoms with Crippen LogP contribution in [0.4, 0.5) is 0 Å². The van der Waals surface area contributed by atoms with Crippen LogP contribution < -0.4 is 10.9 Å². The topological polar surface area (TPSA) is 41.1 Å². The first-order chi connectivity index (χ1) is 9.15. The minimum absolute atomic E-state index is 0.109. The van der Waals surface area contributed by atoms with Crippen molar-refractivity contribution in [2.24, 2.45) is 0 Å². The van der Waals surface area contributed by atoms with Gasteiger partial charge in [-0.25, -0.2) is 5.43 Å². The van der Waals surface area contributed by atoms with Crippen LogP contribution >= 0.6 is 0 Å². The van der Waals surface area contributed by atoms with Crippen LogP contribution in [0.2, 0.25) is 0 Å². The number of carbonyl (C=O) groups is 1. The molecule has 0 heterocycles. The molecule has 3 nitrogen and oxygen atoms in total. The van der Waals surface area contributed by atoms with E-state index >= 15 is 0 Å². The zero-order chi connectivity index (χ0) is 13.7. The predicted molar refractivity (Wildman–Crippen MR) is 76.7 cm³/mol. The molecule has 2 N–H and O–H groups in total. The van der Waals surface area contributed by atoms with Crippen LogP contribution in [0.15, 0.2) is 48.5 Å². The minimum Gasteiger partial charge on any atom is -0.287 e. The van der Waals surface area contributed by atoms with Gasteiger partial charge in [-0.1, -0.05) is 47.5 Å². The van der Waals surface area contributed by atoms with Gasteiger partial charge in [-0.3, -0.25) is 10.2 Å². The van der Waals surface area contributed by atoms with Crippen molar-refractivity contribution in [1.29, 1.82) is 0 Å². The normalized spacial score (nSPS) is 10.2. The molecule has 0 atom stereocenters. The third-order valence-electron chi connectivity index (χ3n) is 2.82. The first-order valence-corrected chi connectivity index (χ1v) is 6.30. The van der Waals surface area contributed by atoms with Gasteiger partial charge in [0.25, 0.3) is 5.91 Å². The molecule has 0 spiro atoms. The Morgan fingerprint density at radius 2 is 1.63 bits per heavy atom. The van der Waals surface area contributed by atoms with Gasteiger partial charge in [-0.05, 0) is 31.5 Å². The molecule has 0 aromatic heterocycles. The quantitative estimate of drug-likeness (QED) is 0.824. The third-order valence-corrected chi connectivity index (χ3v) is 2.82. The molecule has 0 aliphatic heterocycles. The first kappa shape index (κ1) is 13.3. The van der Waals surface area contributed by atoms with Crippen molar-refractivity contribution in [3.8, 4) is 0 Å². The average Bonchev–Trinajstić information content (AvgIpc) is 2.38. The van der Waals surface area contributed by atoms with E-state index in [1.54, 1.807) is 0 Å². The molecule has 0 bridgehead atoms. The van der Waals surface area contributed by atoms with E-state index in [1.807, 2.05) is 62.4 Å². The van der Waals surface area contributed by atoms with Gasteiger partial charge in [0, 0.05) is 12.1 Å². The Balaban J connectivity index is 1.91. The summed E-state index contributed by atoms with van der Waals surface area (Å²) in [4.78, 5) is 12.0. The van der Waals surface area contributed by atoms with Crippen LogP contribution in [0.3, 0.4) is 0 Å². The molecular weight excluding hydrogens is 236 g/mol. The van der Waals surface area contributed by atoms with Gasteiger partial charge in [-0.15, -0.1) is 0 Å². The highest BCUT2D eigenvalue weighted by Gasteiger charge is 2.05. The fourth-order valence-corrected chi connectivity index (χ4v) is 2.00. The van der Waals surface area contributed by atoms with Crippen LogP contribution in [0.5, 0.6) is 0 Å². The summed E-state index contributed by atoms with van der Waals surface area (Å²) in [5, 5.41) is 0. The fraction of sp³-hybridized carbons (Fsp3) is 0.188. The van der Waals surface area contributed by atoms with Crippen LogP contribution in [-0.2, 0) is 6.54 Å². The maximum atomic E-state index is 12.0. The summed E-state index contributed by atoms with van der Waals surface area (Å²) in [5.41, 5.74) is 9.64. The number of aryl methyl sites for hydroxylation is 2. The number of amides is 1. The highest BCUT2D eigenvalue weighted by molar-refractivity contribution is 5.94. The number of carbonyl (C=O) groups excluding carboxylic acids is 1. The Hall–Kier alpha value is -2.13. The average molecular weight is 254 g/mol. The fourth-order valence-electron chi connectivity index (χ4n) is 2.00. The van der Waals surface area contributed by atoms with Crippen molar-refractivity contribution < 1.29 is 4.79 Å². The predicted octanol–water partition coefficient (Wildman–Crippen LogP) is 2.74. The molecule has 0 saturated carbocycles. The van der Waals surface area contributed by atoms with Gasteiger partial charge >= 0.3 is 0 Å². The van der Waals surface area contributed by atoms with E-state index in [4.69, 9.17) is 0 Å². The van der Waals surface area contributed by atoms with Gasteiger partial charge in [-0.2, -0.15) is 0 Å². The SMILES string of the molecule is Cc1cc(C)cc(C(=O)NNCc2ccccc2)c1. The van der Waals surface area contributed by atoms with E-state index in [1.165, 1.54) is 0 Å². The second-order valence-electron chi connectivity index (χ2n) is 4.67. The van der Waals surface area contributed by atoms with Crippen LogP contribution in [0.1, 0.15) is 27.0 Å². The van der Waals surface area contributed by atoms with Crippen LogP contribution in [0, 0.1) is 13.8 Å². The minimum atomic E-state index is -0.109. The Labute approximate surface area is 113 Å². The lowest BCUT2D eigenvalue weighted by Crippen LogP contribution is -2.36. The summed E-state index contributed by atoms with van der Waals surface area (Å²) < 4.78 is 0. The number of benzene rings is 2. The highest BCUT2D eigenvalue weighted by atomic mass is 16.2. The number of hydrazine groups is 1. The second-order valence-corrected chi connectivity index (χ2v) is 4.67. The standard InChI is InChI=1S/C16H18N2O/c1-12-8-13(2)10-15(9-12)16(19)18-17-11-14-6-4-3-5-7-14/h3-10,17H,11H2,1-2H3,(H,18,19). The lowest BCUT2D eigenvalue weighted by atomic mass is 10.1. The lowest BCUT2D eigenvalue weighted by Gasteiger charge is -2.08. The second kappa shape index (κ2) is 6.16. The molecule has 0 saturated heterocycles. The molecular formula is C16H18N2O. The molecule has 2 rings (SSSR count). The number of hydrogen-bond acceptors (Lipinski definition) is 2. The van der Waals surface area contributed by atoms with Crippen molar-refractivity contribution in [3.63, 3.8) is 0 Å². The summed E-state index contributed by atoms with van der Waals surface area (Å²) in [6.45, 7) is 4.58. The Kier molecular flexibility index (Phi) is 4.31. The molecule has 19 heavy (non-hydrogen) atoms. The van der Waals surface area contributed by atoms with Gasteiger partial charge in [0.2, 0.25) is 0 Å². The maximum Gasteiger partial charge on any atom is 0.265 e. The van der Waals surface area contributed by atoms with Gasteiger partial charge < -0.3 is 0 Å². The van der Waals surface area contributed by atoms with E-state index in [2.05, 4.69) is 10.9 Å². The molecule has 2 aromatic carbocycles. The Morgan fingerprint density at radius 3 is 2.26 bits per heavy atom. The van der Waals surface area contributed by atoms with Gasteiger partial charge in [0.15, 0.2) is 0 Å². The molecule has 2 aromatic rings. The van der Waals surface area contributed by atoms with Crippen molar-refractivity contribution in [2.75, 3.05) is 0 Å². The molecule has 0 radical (unpaired) electrons. The van der Waals surface area contributed by atoms with Gasteiger partial charge in [0.1, 0.15) is 0 Å². The van der Waals surface area contributed by atoms with Crippen LogP contribution in [-0.4, -0.2) is 5.91 Å². The Bertz CT molecular complexity index is 544. The highest BCUT2D eigenvalue weighted by Crippen LogP contribution is 2.08. The maximum absolute atomic E-state index is 12.0. The smallest absolute Gasteiger partial charge is 0.265 e. The Morgan fingerprint density at radius 1 is 1.00 bits per heavy atom. The van der Waals surface area contributed by atoms with E-state index in [0.717, 1.165) is 16.7 Å². The van der Waals surface area contributed by atoms with E-state index in [0.29, 0.717) is 12.1 Å². The molecule has 1 amide bonds. The summed E-state index contributed by atoms with van der Waals surface area (Å²) in [6.07, 6.45) is 0. The summed E-state index contributed by atoms with van der Waals surface area (Å²) in [7, 11) is 0. The summed E-state index contributed by atoms with van der Waals surface area (Å²) in [6, 6.07) is 15.8. The third kappa shape index (κ3) is 3.93. The molecule has 0 unspecified atom stereocenters. The largest absolute Gasteiger partial charge is 0.287 e. The summed E-state index contributed by atoms with van der Waals surface area (Å²) in [5.74, 6) is -0.109.